The highest BCUT2D eigenvalue weighted by atomic mass is 35.5. The molecule has 1 amide bonds. The molecule has 0 aliphatic heterocycles. The molecule has 16 heavy (non-hydrogen) atoms. The van der Waals surface area contributed by atoms with E-state index in [2.05, 4.69) is 27.0 Å². The first-order valence-corrected chi connectivity index (χ1v) is 6.21. The van der Waals surface area contributed by atoms with Crippen molar-refractivity contribution in [2.45, 2.75) is 31.5 Å². The molecule has 0 aliphatic rings. The number of amides is 1. The largest absolute Gasteiger partial charge is 0.333 e. The molecule has 0 atom stereocenters. The van der Waals surface area contributed by atoms with Gasteiger partial charge in [0.15, 0.2) is 4.84 Å². The SMILES string of the molecule is C=CCN(CC=C)C(=O)C(Cl)Cl.CCCC. The number of carbonyl (C=O) groups excluding carboxylic acids is 1. The van der Waals surface area contributed by atoms with Crippen LogP contribution in [0.25, 0.3) is 0 Å². The van der Waals surface area contributed by atoms with Gasteiger partial charge in [-0.05, 0) is 0 Å². The Hall–Kier alpha value is -0.470. The van der Waals surface area contributed by atoms with Crippen molar-refractivity contribution in [3.8, 4) is 0 Å². The fourth-order valence-electron chi connectivity index (χ4n) is 0.704. The van der Waals surface area contributed by atoms with Gasteiger partial charge in [0.25, 0.3) is 5.91 Å². The summed E-state index contributed by atoms with van der Waals surface area (Å²) >= 11 is 10.8. The van der Waals surface area contributed by atoms with Crippen molar-refractivity contribution < 1.29 is 4.79 Å². The Morgan fingerprint density at radius 1 is 1.19 bits per heavy atom. The van der Waals surface area contributed by atoms with E-state index in [0.29, 0.717) is 13.1 Å². The number of carbonyl (C=O) groups is 1. The summed E-state index contributed by atoms with van der Waals surface area (Å²) in [4.78, 5) is 11.6. The van der Waals surface area contributed by atoms with E-state index in [9.17, 15) is 4.79 Å². The molecule has 4 heteroatoms. The molecular formula is C12H21Cl2NO. The fraction of sp³-hybridized carbons (Fsp3) is 0.583. The average Bonchev–Trinajstić information content (AvgIpc) is 2.28. The molecule has 2 nitrogen and oxygen atoms in total. The molecule has 0 N–H and O–H groups in total. The Kier molecular flexibility index (Phi) is 14.1. The number of halogens is 2. The van der Waals surface area contributed by atoms with Crippen molar-refractivity contribution in [1.82, 2.24) is 4.90 Å². The highest BCUT2D eigenvalue weighted by Crippen LogP contribution is 2.06. The van der Waals surface area contributed by atoms with Gasteiger partial charge in [0.1, 0.15) is 0 Å². The first-order valence-electron chi connectivity index (χ1n) is 5.33. The molecule has 0 radical (unpaired) electrons. The summed E-state index contributed by atoms with van der Waals surface area (Å²) in [5.74, 6) is -0.321. The Bertz CT molecular complexity index is 193. The molecule has 0 saturated heterocycles. The lowest BCUT2D eigenvalue weighted by Gasteiger charge is -2.19. The normalized spacial score (nSPS) is 9.06. The summed E-state index contributed by atoms with van der Waals surface area (Å²) < 4.78 is 0. The van der Waals surface area contributed by atoms with E-state index in [4.69, 9.17) is 23.2 Å². The second-order valence-electron chi connectivity index (χ2n) is 3.12. The molecule has 0 saturated carbocycles. The first kappa shape index (κ1) is 17.9. The van der Waals surface area contributed by atoms with Gasteiger partial charge >= 0.3 is 0 Å². The van der Waals surface area contributed by atoms with Crippen molar-refractivity contribution in [1.29, 1.82) is 0 Å². The lowest BCUT2D eigenvalue weighted by Crippen LogP contribution is -2.35. The zero-order valence-corrected chi connectivity index (χ0v) is 11.6. The average molecular weight is 266 g/mol. The molecule has 0 rings (SSSR count). The lowest BCUT2D eigenvalue weighted by molar-refractivity contribution is -0.128. The molecule has 0 heterocycles. The number of nitrogens with zero attached hydrogens (tertiary/aromatic N) is 1. The van der Waals surface area contributed by atoms with E-state index in [0.717, 1.165) is 0 Å². The van der Waals surface area contributed by atoms with Gasteiger partial charge in [-0.2, -0.15) is 0 Å². The minimum Gasteiger partial charge on any atom is -0.333 e. The zero-order valence-electron chi connectivity index (χ0n) is 10.1. The van der Waals surface area contributed by atoms with Crippen LogP contribution in [0.3, 0.4) is 0 Å². The van der Waals surface area contributed by atoms with E-state index >= 15 is 0 Å². The third kappa shape index (κ3) is 10.1. The van der Waals surface area contributed by atoms with Gasteiger partial charge in [-0.15, -0.1) is 13.2 Å². The van der Waals surface area contributed by atoms with Gasteiger partial charge in [-0.25, -0.2) is 0 Å². The number of hydrogen-bond acceptors (Lipinski definition) is 1. The maximum atomic E-state index is 11.2. The van der Waals surface area contributed by atoms with E-state index < -0.39 is 4.84 Å². The summed E-state index contributed by atoms with van der Waals surface area (Å²) in [6, 6.07) is 0. The zero-order chi connectivity index (χ0) is 13.0. The van der Waals surface area contributed by atoms with Crippen molar-refractivity contribution in [2.24, 2.45) is 0 Å². The summed E-state index contributed by atoms with van der Waals surface area (Å²) in [5, 5.41) is 0. The number of hydrogen-bond donors (Lipinski definition) is 0. The van der Waals surface area contributed by atoms with Crippen LogP contribution in [0.15, 0.2) is 25.3 Å². The van der Waals surface area contributed by atoms with E-state index in [1.807, 2.05) is 0 Å². The molecule has 0 aromatic carbocycles. The third-order valence-electron chi connectivity index (χ3n) is 1.70. The van der Waals surface area contributed by atoms with Crippen LogP contribution >= 0.6 is 23.2 Å². The fourth-order valence-corrected chi connectivity index (χ4v) is 0.980. The van der Waals surface area contributed by atoms with Crippen molar-refractivity contribution in [2.75, 3.05) is 13.1 Å². The Balaban J connectivity index is 0. The summed E-state index contributed by atoms with van der Waals surface area (Å²) in [6.45, 7) is 12.2. The topological polar surface area (TPSA) is 20.3 Å². The molecule has 0 bridgehead atoms. The maximum absolute atomic E-state index is 11.2. The predicted octanol–water partition coefficient (Wildman–Crippen LogP) is 3.80. The second-order valence-corrected chi connectivity index (χ2v) is 4.22. The summed E-state index contributed by atoms with van der Waals surface area (Å²) in [5.41, 5.74) is 0. The van der Waals surface area contributed by atoms with Gasteiger partial charge in [0.05, 0.1) is 0 Å². The molecule has 0 aliphatic carbocycles. The Morgan fingerprint density at radius 2 is 1.56 bits per heavy atom. The predicted molar refractivity (Wildman–Crippen MR) is 73.1 cm³/mol. The Labute approximate surface area is 109 Å². The molecule has 0 spiro atoms. The van der Waals surface area contributed by atoms with Gasteiger partial charge < -0.3 is 4.90 Å². The third-order valence-corrected chi connectivity index (χ3v) is 2.07. The summed E-state index contributed by atoms with van der Waals surface area (Å²) in [7, 11) is 0. The summed E-state index contributed by atoms with van der Waals surface area (Å²) in [6.07, 6.45) is 5.86. The van der Waals surface area contributed by atoms with Crippen LogP contribution in [0.4, 0.5) is 0 Å². The number of alkyl halides is 2. The highest BCUT2D eigenvalue weighted by molar-refractivity contribution is 6.53. The maximum Gasteiger partial charge on any atom is 0.256 e. The number of unbranched alkanes of at least 4 members (excludes halogenated alkanes) is 1. The van der Waals surface area contributed by atoms with Crippen LogP contribution in [0.5, 0.6) is 0 Å². The van der Waals surface area contributed by atoms with Crippen molar-refractivity contribution >= 4 is 29.1 Å². The second kappa shape index (κ2) is 12.6. The standard InChI is InChI=1S/C8H11Cl2NO.C4H10/c1-3-5-11(6-4-2)8(12)7(9)10;1-3-4-2/h3-4,7H,1-2,5-6H2;3-4H2,1-2H3. The quantitative estimate of drug-likeness (QED) is 0.529. The van der Waals surface area contributed by atoms with Crippen LogP contribution in [-0.2, 0) is 4.79 Å². The molecule has 0 fully saturated rings. The molecule has 0 aromatic heterocycles. The van der Waals surface area contributed by atoms with Crippen LogP contribution in [0, 0.1) is 0 Å². The van der Waals surface area contributed by atoms with Crippen LogP contribution in [0.2, 0.25) is 0 Å². The molecule has 0 aromatic rings. The van der Waals surface area contributed by atoms with Gasteiger partial charge in [-0.1, -0.05) is 62.0 Å². The minimum atomic E-state index is -1.01. The van der Waals surface area contributed by atoms with Crippen molar-refractivity contribution in [3.05, 3.63) is 25.3 Å². The van der Waals surface area contributed by atoms with Crippen LogP contribution in [0.1, 0.15) is 26.7 Å². The smallest absolute Gasteiger partial charge is 0.256 e. The van der Waals surface area contributed by atoms with Crippen molar-refractivity contribution in [3.63, 3.8) is 0 Å². The monoisotopic (exact) mass is 265 g/mol. The lowest BCUT2D eigenvalue weighted by atomic mass is 10.4. The van der Waals surface area contributed by atoms with E-state index in [1.54, 1.807) is 12.2 Å². The van der Waals surface area contributed by atoms with Gasteiger partial charge in [-0.3, -0.25) is 4.79 Å². The van der Waals surface area contributed by atoms with Crippen LogP contribution in [-0.4, -0.2) is 28.7 Å². The van der Waals surface area contributed by atoms with Gasteiger partial charge in [0, 0.05) is 13.1 Å². The Morgan fingerprint density at radius 3 is 1.75 bits per heavy atom. The number of rotatable bonds is 6. The van der Waals surface area contributed by atoms with E-state index in [-0.39, 0.29) is 5.91 Å². The highest BCUT2D eigenvalue weighted by Gasteiger charge is 2.17. The molecule has 0 unspecified atom stereocenters. The first-order chi connectivity index (χ1) is 7.54. The molecular weight excluding hydrogens is 245 g/mol. The molecule has 94 valence electrons. The minimum absolute atomic E-state index is 0.321. The van der Waals surface area contributed by atoms with E-state index in [1.165, 1.54) is 17.7 Å². The van der Waals surface area contributed by atoms with Crippen LogP contribution < -0.4 is 0 Å². The van der Waals surface area contributed by atoms with Gasteiger partial charge in [0.2, 0.25) is 0 Å².